The van der Waals surface area contributed by atoms with Gasteiger partial charge in [-0.3, -0.25) is 13.9 Å². The van der Waals surface area contributed by atoms with E-state index < -0.39 is 37.4 Å². The minimum Gasteiger partial charge on any atom is -0.493 e. The van der Waals surface area contributed by atoms with Crippen molar-refractivity contribution in [1.29, 1.82) is 0 Å². The molecule has 0 amide bonds. The van der Waals surface area contributed by atoms with Crippen LogP contribution in [0.25, 0.3) is 0 Å². The Hall–Kier alpha value is -1.78. The maximum absolute atomic E-state index is 12.7. The van der Waals surface area contributed by atoms with Crippen LogP contribution in [0.5, 0.6) is 5.88 Å². The first-order valence-corrected chi connectivity index (χ1v) is 8.36. The van der Waals surface area contributed by atoms with E-state index in [9.17, 15) is 36.3 Å². The van der Waals surface area contributed by atoms with Gasteiger partial charge in [0.1, 0.15) is 0 Å². The number of hydrogen-bond acceptors (Lipinski definition) is 5. The number of unbranched alkanes of at least 4 members (excludes halogenated alkanes) is 1. The lowest BCUT2D eigenvalue weighted by molar-refractivity contribution is -0.0438. The van der Waals surface area contributed by atoms with Crippen molar-refractivity contribution in [2.75, 3.05) is 0 Å². The van der Waals surface area contributed by atoms with Crippen LogP contribution in [0, 0.1) is 0 Å². The third kappa shape index (κ3) is 3.43. The van der Waals surface area contributed by atoms with E-state index >= 15 is 0 Å². The van der Waals surface area contributed by atoms with Crippen LogP contribution >= 0.6 is 0 Å². The monoisotopic (exact) mass is 358 g/mol. The fourth-order valence-corrected chi connectivity index (χ4v) is 2.88. The molecule has 0 fully saturated rings. The zero-order valence-corrected chi connectivity index (χ0v) is 13.4. The van der Waals surface area contributed by atoms with Crippen molar-refractivity contribution in [2.24, 2.45) is 0 Å². The lowest BCUT2D eigenvalue weighted by atomic mass is 10.3. The molecule has 0 saturated carbocycles. The highest BCUT2D eigenvalue weighted by molar-refractivity contribution is 7.92. The normalized spacial score (nSPS) is 12.6. The van der Waals surface area contributed by atoms with Crippen molar-refractivity contribution in [3.05, 3.63) is 20.8 Å². The molecule has 1 aromatic rings. The predicted octanol–water partition coefficient (Wildman–Crippen LogP) is 1.22. The highest BCUT2D eigenvalue weighted by Crippen LogP contribution is 2.32. The van der Waals surface area contributed by atoms with Crippen LogP contribution in [-0.4, -0.2) is 28.2 Å². The molecule has 7 nitrogen and oxygen atoms in total. The van der Waals surface area contributed by atoms with Gasteiger partial charge in [0.2, 0.25) is 10.8 Å². The summed E-state index contributed by atoms with van der Waals surface area (Å²) in [4.78, 5) is 22.4. The molecule has 0 aliphatic carbocycles. The first kappa shape index (κ1) is 19.3. The lowest BCUT2D eigenvalue weighted by Gasteiger charge is -2.16. The van der Waals surface area contributed by atoms with Gasteiger partial charge < -0.3 is 5.11 Å². The van der Waals surface area contributed by atoms with Crippen molar-refractivity contribution < 1.29 is 26.7 Å². The Morgan fingerprint density at radius 1 is 1.04 bits per heavy atom. The summed E-state index contributed by atoms with van der Waals surface area (Å²) in [6.45, 7) is 2.84. The lowest BCUT2D eigenvalue weighted by Crippen LogP contribution is -2.44. The Morgan fingerprint density at radius 3 is 2.04 bits per heavy atom. The zero-order chi connectivity index (χ0) is 18.0. The summed E-state index contributed by atoms with van der Waals surface area (Å²) in [5, 5.41) is 9.80. The number of aromatic hydroxyl groups is 1. The van der Waals surface area contributed by atoms with Gasteiger partial charge in [-0.25, -0.2) is 13.2 Å². The van der Waals surface area contributed by atoms with E-state index in [4.69, 9.17) is 0 Å². The molecule has 0 atom stereocenters. The minimum atomic E-state index is -6.09. The molecule has 11 heteroatoms. The molecular weight excluding hydrogens is 341 g/mol. The maximum Gasteiger partial charge on any atom is 0.502 e. The van der Waals surface area contributed by atoms with Crippen molar-refractivity contribution in [1.82, 2.24) is 9.13 Å². The molecule has 0 saturated heterocycles. The molecule has 0 aliphatic heterocycles. The van der Waals surface area contributed by atoms with Gasteiger partial charge in [-0.15, -0.1) is 0 Å². The predicted molar refractivity (Wildman–Crippen MR) is 75.1 cm³/mol. The standard InChI is InChI=1S/C12H17F3N2O5S/c1-3-5-7-17-10(19)8(23(21,22)12(13,14)15)9(18)16(6-4-2)11(17)20/h18H,3-7H2,1-2H3. The zero-order valence-electron chi connectivity index (χ0n) is 12.6. The second-order valence-corrected chi connectivity index (χ2v) is 6.72. The Kier molecular flexibility index (Phi) is 5.67. The molecular formula is C12H17F3N2O5S. The molecule has 1 rings (SSSR count). The van der Waals surface area contributed by atoms with Crippen LogP contribution in [0.2, 0.25) is 0 Å². The number of rotatable bonds is 6. The fourth-order valence-electron chi connectivity index (χ4n) is 1.95. The third-order valence-electron chi connectivity index (χ3n) is 3.12. The number of sulfone groups is 1. The summed E-state index contributed by atoms with van der Waals surface area (Å²) >= 11 is 0. The van der Waals surface area contributed by atoms with E-state index in [1.807, 2.05) is 0 Å². The SMILES string of the molecule is CCCCn1c(=O)c(S(=O)(=O)C(F)(F)F)c(O)n(CCC)c1=O. The van der Waals surface area contributed by atoms with Gasteiger partial charge in [0.15, 0.2) is 0 Å². The summed E-state index contributed by atoms with van der Waals surface area (Å²) in [5.74, 6) is -1.48. The molecule has 1 heterocycles. The molecule has 23 heavy (non-hydrogen) atoms. The van der Waals surface area contributed by atoms with Gasteiger partial charge in [0.05, 0.1) is 0 Å². The van der Waals surface area contributed by atoms with E-state index in [0.717, 1.165) is 0 Å². The molecule has 0 aliphatic rings. The summed E-state index contributed by atoms with van der Waals surface area (Å²) in [6, 6.07) is 0. The molecule has 0 radical (unpaired) electrons. The van der Waals surface area contributed by atoms with E-state index in [-0.39, 0.29) is 25.9 Å². The number of nitrogens with zero attached hydrogens (tertiary/aromatic N) is 2. The first-order chi connectivity index (χ1) is 10.5. The fraction of sp³-hybridized carbons (Fsp3) is 0.667. The summed E-state index contributed by atoms with van der Waals surface area (Å²) in [7, 11) is -6.09. The van der Waals surface area contributed by atoms with E-state index in [2.05, 4.69) is 0 Å². The topological polar surface area (TPSA) is 98.4 Å². The molecule has 132 valence electrons. The van der Waals surface area contributed by atoms with Gasteiger partial charge in [-0.1, -0.05) is 20.3 Å². The van der Waals surface area contributed by atoms with Crippen LogP contribution in [0.3, 0.4) is 0 Å². The first-order valence-electron chi connectivity index (χ1n) is 6.88. The average molecular weight is 358 g/mol. The smallest absolute Gasteiger partial charge is 0.493 e. The van der Waals surface area contributed by atoms with Crippen LogP contribution < -0.4 is 11.2 Å². The largest absolute Gasteiger partial charge is 0.502 e. The third-order valence-corrected chi connectivity index (χ3v) is 4.62. The van der Waals surface area contributed by atoms with Crippen LogP contribution in [-0.2, 0) is 22.9 Å². The molecule has 0 bridgehead atoms. The molecule has 0 aromatic carbocycles. The Balaban J connectivity index is 3.88. The number of halogens is 3. The highest BCUT2D eigenvalue weighted by Gasteiger charge is 2.51. The maximum atomic E-state index is 12.7. The Morgan fingerprint density at radius 2 is 1.61 bits per heavy atom. The van der Waals surface area contributed by atoms with E-state index in [1.54, 1.807) is 13.8 Å². The number of alkyl halides is 3. The van der Waals surface area contributed by atoms with Gasteiger partial charge in [0.25, 0.3) is 15.4 Å². The quantitative estimate of drug-likeness (QED) is 0.824. The van der Waals surface area contributed by atoms with Crippen LogP contribution in [0.15, 0.2) is 14.5 Å². The summed E-state index contributed by atoms with van der Waals surface area (Å²) in [6.07, 6.45) is 1.06. The minimum absolute atomic E-state index is 0.225. The van der Waals surface area contributed by atoms with Crippen molar-refractivity contribution in [3.8, 4) is 5.88 Å². The van der Waals surface area contributed by atoms with Gasteiger partial charge in [-0.2, -0.15) is 13.2 Å². The Labute approximate surface area is 129 Å². The molecule has 0 spiro atoms. The molecule has 0 unspecified atom stereocenters. The second kappa shape index (κ2) is 6.77. The number of aromatic nitrogens is 2. The average Bonchev–Trinajstić information content (AvgIpc) is 2.42. The van der Waals surface area contributed by atoms with E-state index in [1.165, 1.54) is 0 Å². The van der Waals surface area contributed by atoms with Crippen molar-refractivity contribution >= 4 is 9.84 Å². The summed E-state index contributed by atoms with van der Waals surface area (Å²) < 4.78 is 62.3. The van der Waals surface area contributed by atoms with Gasteiger partial charge in [0, 0.05) is 13.1 Å². The second-order valence-electron chi connectivity index (χ2n) is 4.85. The van der Waals surface area contributed by atoms with Gasteiger partial charge >= 0.3 is 11.2 Å². The molecule has 1 N–H and O–H groups in total. The van der Waals surface area contributed by atoms with E-state index in [0.29, 0.717) is 15.6 Å². The van der Waals surface area contributed by atoms with Gasteiger partial charge in [-0.05, 0) is 12.8 Å². The van der Waals surface area contributed by atoms with Crippen molar-refractivity contribution in [3.63, 3.8) is 0 Å². The van der Waals surface area contributed by atoms with Crippen LogP contribution in [0.4, 0.5) is 13.2 Å². The molecule has 1 aromatic heterocycles. The number of hydrogen-bond donors (Lipinski definition) is 1. The Bertz CT molecular complexity index is 793. The highest BCUT2D eigenvalue weighted by atomic mass is 32.2. The van der Waals surface area contributed by atoms with Crippen LogP contribution in [0.1, 0.15) is 33.1 Å². The summed E-state index contributed by atoms with van der Waals surface area (Å²) in [5.41, 5.74) is -8.46. The van der Waals surface area contributed by atoms with Crippen molar-refractivity contribution in [2.45, 2.75) is 56.6 Å².